The molecule has 3 aromatic rings. The van der Waals surface area contributed by atoms with Crippen LogP contribution in [-0.2, 0) is 13.0 Å². The van der Waals surface area contributed by atoms with E-state index in [2.05, 4.69) is 47.1 Å². The Kier molecular flexibility index (Phi) is 8.99. The van der Waals surface area contributed by atoms with E-state index in [0.717, 1.165) is 42.9 Å². The molecule has 0 bridgehead atoms. The molecule has 2 aliphatic rings. The minimum Gasteiger partial charge on any atom is -0.493 e. The molecule has 1 aromatic heterocycles. The van der Waals surface area contributed by atoms with Gasteiger partial charge in [0.15, 0.2) is 11.5 Å². The van der Waals surface area contributed by atoms with Crippen LogP contribution in [0.3, 0.4) is 0 Å². The van der Waals surface area contributed by atoms with Gasteiger partial charge in [-0.25, -0.2) is 4.98 Å². The number of methoxy groups -OCH3 is 1. The monoisotopic (exact) mass is 529 g/mol. The van der Waals surface area contributed by atoms with Crippen molar-refractivity contribution in [1.29, 1.82) is 0 Å². The molecule has 3 heterocycles. The summed E-state index contributed by atoms with van der Waals surface area (Å²) in [5, 5.41) is 0. The first-order valence-corrected chi connectivity index (χ1v) is 14.1. The van der Waals surface area contributed by atoms with Gasteiger partial charge in [0.25, 0.3) is 5.91 Å². The van der Waals surface area contributed by atoms with Gasteiger partial charge in [0.2, 0.25) is 0 Å². The molecule has 0 radical (unpaired) electrons. The molecule has 0 aliphatic carbocycles. The van der Waals surface area contributed by atoms with Crippen LogP contribution in [0.4, 0.5) is 0 Å². The molecule has 5 rings (SSSR count). The Balaban J connectivity index is 1.09. The Hall–Kier alpha value is -3.58. The standard InChI is InChI=1S/C32H39N3O4/c1-3-24-7-9-25(10-8-24)23-39-30-14-11-26(19-31(30)37-2)27-21-35(22-27)32(36)29-13-12-28(20-33-29)38-18-17-34-15-5-4-6-16-34/h7-14,19-20,27H,3-6,15-18,21-23H2,1-2H3. The average Bonchev–Trinajstić information content (AvgIpc) is 2.96. The number of hydrogen-bond donors (Lipinski definition) is 0. The highest BCUT2D eigenvalue weighted by Gasteiger charge is 2.33. The molecule has 7 nitrogen and oxygen atoms in total. The van der Waals surface area contributed by atoms with Crippen molar-refractivity contribution >= 4 is 5.91 Å². The van der Waals surface area contributed by atoms with Crippen molar-refractivity contribution < 1.29 is 19.0 Å². The number of aromatic nitrogens is 1. The van der Waals surface area contributed by atoms with Gasteiger partial charge in [0, 0.05) is 25.6 Å². The van der Waals surface area contributed by atoms with E-state index in [9.17, 15) is 4.79 Å². The minimum atomic E-state index is -0.0490. The molecular formula is C32H39N3O4. The summed E-state index contributed by atoms with van der Waals surface area (Å²) < 4.78 is 17.5. The number of aryl methyl sites for hydroxylation is 1. The third-order valence-electron chi connectivity index (χ3n) is 7.73. The van der Waals surface area contributed by atoms with Crippen molar-refractivity contribution in [1.82, 2.24) is 14.8 Å². The zero-order valence-electron chi connectivity index (χ0n) is 23.1. The van der Waals surface area contributed by atoms with E-state index in [4.69, 9.17) is 14.2 Å². The second-order valence-electron chi connectivity index (χ2n) is 10.4. The Morgan fingerprint density at radius 3 is 2.38 bits per heavy atom. The number of pyridine rings is 1. The van der Waals surface area contributed by atoms with E-state index in [1.165, 1.54) is 24.8 Å². The fourth-order valence-corrected chi connectivity index (χ4v) is 5.17. The number of amides is 1. The zero-order chi connectivity index (χ0) is 27.0. The van der Waals surface area contributed by atoms with Crippen LogP contribution in [0, 0.1) is 0 Å². The van der Waals surface area contributed by atoms with E-state index >= 15 is 0 Å². The molecule has 0 unspecified atom stereocenters. The van der Waals surface area contributed by atoms with Crippen molar-refractivity contribution in [3.05, 3.63) is 83.2 Å². The molecule has 7 heteroatoms. The number of ether oxygens (including phenoxy) is 3. The fourth-order valence-electron chi connectivity index (χ4n) is 5.17. The quantitative estimate of drug-likeness (QED) is 0.334. The van der Waals surface area contributed by atoms with Gasteiger partial charge in [0.1, 0.15) is 24.7 Å². The van der Waals surface area contributed by atoms with Gasteiger partial charge >= 0.3 is 0 Å². The lowest BCUT2D eigenvalue weighted by Gasteiger charge is -2.39. The maximum atomic E-state index is 12.9. The van der Waals surface area contributed by atoms with Gasteiger partial charge in [-0.3, -0.25) is 9.69 Å². The van der Waals surface area contributed by atoms with Gasteiger partial charge in [-0.1, -0.05) is 43.7 Å². The third-order valence-corrected chi connectivity index (χ3v) is 7.73. The smallest absolute Gasteiger partial charge is 0.272 e. The van der Waals surface area contributed by atoms with Crippen molar-refractivity contribution in [3.63, 3.8) is 0 Å². The predicted octanol–water partition coefficient (Wildman–Crippen LogP) is 5.34. The summed E-state index contributed by atoms with van der Waals surface area (Å²) in [4.78, 5) is 21.6. The first kappa shape index (κ1) is 27.0. The maximum Gasteiger partial charge on any atom is 0.272 e. The van der Waals surface area contributed by atoms with Crippen molar-refractivity contribution in [3.8, 4) is 17.2 Å². The lowest BCUT2D eigenvalue weighted by Crippen LogP contribution is -2.48. The van der Waals surface area contributed by atoms with Crippen LogP contribution >= 0.6 is 0 Å². The molecule has 1 amide bonds. The molecule has 39 heavy (non-hydrogen) atoms. The summed E-state index contributed by atoms with van der Waals surface area (Å²) in [6.45, 7) is 7.83. The van der Waals surface area contributed by atoms with E-state index in [-0.39, 0.29) is 11.8 Å². The zero-order valence-corrected chi connectivity index (χ0v) is 23.1. The number of benzene rings is 2. The highest BCUT2D eigenvalue weighted by molar-refractivity contribution is 5.93. The molecule has 206 valence electrons. The highest BCUT2D eigenvalue weighted by atomic mass is 16.5. The van der Waals surface area contributed by atoms with E-state index in [1.54, 1.807) is 19.4 Å². The van der Waals surface area contributed by atoms with Crippen LogP contribution in [0.5, 0.6) is 17.2 Å². The number of carbonyl (C=O) groups excluding carboxylic acids is 1. The van der Waals surface area contributed by atoms with Crippen molar-refractivity contribution in [2.75, 3.05) is 46.4 Å². The van der Waals surface area contributed by atoms with Crippen LogP contribution in [0.25, 0.3) is 0 Å². The van der Waals surface area contributed by atoms with Gasteiger partial charge in [0.05, 0.1) is 13.3 Å². The van der Waals surface area contributed by atoms with Gasteiger partial charge < -0.3 is 19.1 Å². The number of rotatable bonds is 11. The number of piperidine rings is 1. The number of carbonyl (C=O) groups is 1. The molecule has 2 fully saturated rings. The first-order chi connectivity index (χ1) is 19.1. The molecule has 0 spiro atoms. The molecule has 0 atom stereocenters. The molecule has 2 aromatic carbocycles. The van der Waals surface area contributed by atoms with Gasteiger partial charge in [-0.2, -0.15) is 0 Å². The summed E-state index contributed by atoms with van der Waals surface area (Å²) in [6.07, 6.45) is 6.56. The fraction of sp³-hybridized carbons (Fsp3) is 0.438. The molecular weight excluding hydrogens is 490 g/mol. The lowest BCUT2D eigenvalue weighted by molar-refractivity contribution is 0.0596. The van der Waals surface area contributed by atoms with Crippen LogP contribution in [0.15, 0.2) is 60.8 Å². The summed E-state index contributed by atoms with van der Waals surface area (Å²) in [5.41, 5.74) is 4.03. The summed E-state index contributed by atoms with van der Waals surface area (Å²) in [6, 6.07) is 18.1. The van der Waals surface area contributed by atoms with Crippen LogP contribution < -0.4 is 14.2 Å². The largest absolute Gasteiger partial charge is 0.493 e. The molecule has 2 aliphatic heterocycles. The molecule has 0 saturated carbocycles. The lowest BCUT2D eigenvalue weighted by atomic mass is 9.91. The van der Waals surface area contributed by atoms with Crippen molar-refractivity contribution in [2.24, 2.45) is 0 Å². The first-order valence-electron chi connectivity index (χ1n) is 14.1. The summed E-state index contributed by atoms with van der Waals surface area (Å²) in [5.74, 6) is 2.34. The van der Waals surface area contributed by atoms with Crippen LogP contribution in [0.2, 0.25) is 0 Å². The summed E-state index contributed by atoms with van der Waals surface area (Å²) >= 11 is 0. The van der Waals surface area contributed by atoms with E-state index in [0.29, 0.717) is 43.5 Å². The Labute approximate surface area is 231 Å². The molecule has 0 N–H and O–H groups in total. The van der Waals surface area contributed by atoms with Crippen molar-refractivity contribution in [2.45, 2.75) is 45.1 Å². The number of likely N-dealkylation sites (tertiary alicyclic amines) is 2. The topological polar surface area (TPSA) is 64.1 Å². The Bertz CT molecular complexity index is 1220. The van der Waals surface area contributed by atoms with Gasteiger partial charge in [-0.05, 0) is 73.3 Å². The third kappa shape index (κ3) is 6.90. The van der Waals surface area contributed by atoms with E-state index in [1.807, 2.05) is 23.1 Å². The second kappa shape index (κ2) is 13.0. The minimum absolute atomic E-state index is 0.0490. The predicted molar refractivity (Wildman–Crippen MR) is 152 cm³/mol. The SMILES string of the molecule is CCc1ccc(COc2ccc(C3CN(C(=O)c4ccc(OCCN5CCCCC5)cn4)C3)cc2OC)cc1. The number of nitrogens with zero attached hydrogens (tertiary/aromatic N) is 3. The maximum absolute atomic E-state index is 12.9. The normalized spacial score (nSPS) is 16.0. The Morgan fingerprint density at radius 2 is 1.69 bits per heavy atom. The second-order valence-corrected chi connectivity index (χ2v) is 10.4. The number of hydrogen-bond acceptors (Lipinski definition) is 6. The average molecular weight is 530 g/mol. The summed E-state index contributed by atoms with van der Waals surface area (Å²) in [7, 11) is 1.66. The van der Waals surface area contributed by atoms with E-state index < -0.39 is 0 Å². The molecule has 2 saturated heterocycles. The van der Waals surface area contributed by atoms with Gasteiger partial charge in [-0.15, -0.1) is 0 Å². The van der Waals surface area contributed by atoms with Crippen LogP contribution in [-0.4, -0.2) is 67.1 Å². The van der Waals surface area contributed by atoms with Crippen LogP contribution in [0.1, 0.15) is 59.3 Å². The Morgan fingerprint density at radius 1 is 0.923 bits per heavy atom. The highest BCUT2D eigenvalue weighted by Crippen LogP contribution is 2.35.